The fourth-order valence-electron chi connectivity index (χ4n) is 0.522. The van der Waals surface area contributed by atoms with Crippen molar-refractivity contribution >= 4 is 5.78 Å². The van der Waals surface area contributed by atoms with Crippen molar-refractivity contribution in [2.45, 2.75) is 32.7 Å². The number of hydrogen-bond acceptors (Lipinski definition) is 3. The highest BCUT2D eigenvalue weighted by Crippen LogP contribution is 2.03. The molecule has 0 bridgehead atoms. The summed E-state index contributed by atoms with van der Waals surface area (Å²) in [7, 11) is 0. The molecule has 0 unspecified atom stereocenters. The van der Waals surface area contributed by atoms with Crippen molar-refractivity contribution in [3.8, 4) is 0 Å². The van der Waals surface area contributed by atoms with Crippen LogP contribution in [0.5, 0.6) is 0 Å². The molecule has 0 spiro atoms. The molecule has 0 aliphatic carbocycles. The van der Waals surface area contributed by atoms with Gasteiger partial charge >= 0.3 is 0 Å². The highest BCUT2D eigenvalue weighted by molar-refractivity contribution is 5.87. The summed E-state index contributed by atoms with van der Waals surface area (Å²) in [5.41, 5.74) is 1.88. The first-order valence-corrected chi connectivity index (χ1v) is 3.05. The predicted octanol–water partition coefficient (Wildman–Crippen LogP) is 0.207. The molecule has 0 aromatic rings. The summed E-state index contributed by atoms with van der Waals surface area (Å²) in [6, 6.07) is 0. The van der Waals surface area contributed by atoms with Crippen LogP contribution in [-0.4, -0.2) is 11.3 Å². The van der Waals surface area contributed by atoms with Gasteiger partial charge < -0.3 is 0 Å². The fraction of sp³-hybridized carbons (Fsp3) is 0.833. The normalized spacial score (nSPS) is 11.6. The SMILES string of the molecule is CCC(=O)C(C)(C)NN. The number of carbonyl (C=O) groups is 1. The molecule has 3 heteroatoms. The second-order valence-corrected chi connectivity index (χ2v) is 2.55. The highest BCUT2D eigenvalue weighted by atomic mass is 16.1. The summed E-state index contributed by atoms with van der Waals surface area (Å²) in [6.45, 7) is 5.35. The third-order valence-electron chi connectivity index (χ3n) is 1.38. The van der Waals surface area contributed by atoms with E-state index in [0.717, 1.165) is 0 Å². The number of hydrazine groups is 1. The van der Waals surface area contributed by atoms with Gasteiger partial charge in [0, 0.05) is 6.42 Å². The molecule has 3 N–H and O–H groups in total. The van der Waals surface area contributed by atoms with Crippen molar-refractivity contribution in [3.05, 3.63) is 0 Å². The minimum atomic E-state index is -0.561. The lowest BCUT2D eigenvalue weighted by atomic mass is 9.99. The standard InChI is InChI=1S/C6H14N2O/c1-4-5(9)6(2,3)8-7/h8H,4,7H2,1-3H3. The van der Waals surface area contributed by atoms with Crippen LogP contribution in [0.2, 0.25) is 0 Å². The first-order chi connectivity index (χ1) is 4.04. The van der Waals surface area contributed by atoms with Crippen LogP contribution < -0.4 is 11.3 Å². The van der Waals surface area contributed by atoms with E-state index in [2.05, 4.69) is 5.43 Å². The molecular weight excluding hydrogens is 116 g/mol. The molecule has 0 saturated carbocycles. The van der Waals surface area contributed by atoms with E-state index >= 15 is 0 Å². The van der Waals surface area contributed by atoms with Gasteiger partial charge in [0.25, 0.3) is 0 Å². The molecule has 0 heterocycles. The van der Waals surface area contributed by atoms with Crippen LogP contribution in [0.3, 0.4) is 0 Å². The summed E-state index contributed by atoms with van der Waals surface area (Å²) >= 11 is 0. The Kier molecular flexibility index (Phi) is 2.81. The van der Waals surface area contributed by atoms with E-state index in [0.29, 0.717) is 6.42 Å². The van der Waals surface area contributed by atoms with Gasteiger partial charge in [0.05, 0.1) is 5.54 Å². The molecule has 54 valence electrons. The van der Waals surface area contributed by atoms with Crippen LogP contribution in [0.4, 0.5) is 0 Å². The minimum Gasteiger partial charge on any atom is -0.298 e. The van der Waals surface area contributed by atoms with E-state index in [1.54, 1.807) is 13.8 Å². The van der Waals surface area contributed by atoms with Gasteiger partial charge in [-0.15, -0.1) is 0 Å². The quantitative estimate of drug-likeness (QED) is 0.424. The summed E-state index contributed by atoms with van der Waals surface area (Å²) in [5, 5.41) is 0. The molecule has 3 nitrogen and oxygen atoms in total. The molecule has 0 saturated heterocycles. The van der Waals surface area contributed by atoms with Crippen molar-refractivity contribution in [2.75, 3.05) is 0 Å². The lowest BCUT2D eigenvalue weighted by Gasteiger charge is -2.20. The third kappa shape index (κ3) is 2.11. The molecule has 0 aliphatic heterocycles. The number of carbonyl (C=O) groups excluding carboxylic acids is 1. The van der Waals surface area contributed by atoms with E-state index in [1.807, 2.05) is 6.92 Å². The summed E-state index contributed by atoms with van der Waals surface area (Å²) < 4.78 is 0. The Labute approximate surface area is 55.6 Å². The van der Waals surface area contributed by atoms with Gasteiger partial charge in [-0.25, -0.2) is 5.43 Å². The number of ketones is 1. The molecule has 0 rings (SSSR count). The Morgan fingerprint density at radius 3 is 2.22 bits per heavy atom. The van der Waals surface area contributed by atoms with E-state index in [9.17, 15) is 4.79 Å². The summed E-state index contributed by atoms with van der Waals surface area (Å²) in [5.74, 6) is 5.24. The van der Waals surface area contributed by atoms with Gasteiger partial charge in [-0.2, -0.15) is 0 Å². The lowest BCUT2D eigenvalue weighted by Crippen LogP contribution is -2.50. The van der Waals surface area contributed by atoms with Crippen molar-refractivity contribution < 1.29 is 4.79 Å². The molecule has 9 heavy (non-hydrogen) atoms. The third-order valence-corrected chi connectivity index (χ3v) is 1.38. The van der Waals surface area contributed by atoms with Crippen LogP contribution in [-0.2, 0) is 4.79 Å². The van der Waals surface area contributed by atoms with E-state index in [-0.39, 0.29) is 5.78 Å². The maximum absolute atomic E-state index is 10.9. The number of hydrogen-bond donors (Lipinski definition) is 2. The Hall–Kier alpha value is -0.410. The molecule has 0 aromatic carbocycles. The number of rotatable bonds is 3. The van der Waals surface area contributed by atoms with Gasteiger partial charge in [0.2, 0.25) is 0 Å². The Morgan fingerprint density at radius 1 is 1.67 bits per heavy atom. The van der Waals surface area contributed by atoms with Crippen molar-refractivity contribution in [1.82, 2.24) is 5.43 Å². The smallest absolute Gasteiger partial charge is 0.153 e. The molecule has 0 aliphatic rings. The van der Waals surface area contributed by atoms with E-state index in [1.165, 1.54) is 0 Å². The van der Waals surface area contributed by atoms with Crippen LogP contribution in [0.1, 0.15) is 27.2 Å². The van der Waals surface area contributed by atoms with Crippen molar-refractivity contribution in [2.24, 2.45) is 5.84 Å². The maximum Gasteiger partial charge on any atom is 0.153 e. The topological polar surface area (TPSA) is 55.1 Å². The number of Topliss-reactive ketones (excluding diaryl/α,β-unsaturated/α-hetero) is 1. The fourth-order valence-corrected chi connectivity index (χ4v) is 0.522. The van der Waals surface area contributed by atoms with Gasteiger partial charge in [-0.05, 0) is 13.8 Å². The Morgan fingerprint density at radius 2 is 2.11 bits per heavy atom. The van der Waals surface area contributed by atoms with Crippen LogP contribution >= 0.6 is 0 Å². The van der Waals surface area contributed by atoms with E-state index in [4.69, 9.17) is 5.84 Å². The molecule has 0 amide bonds. The van der Waals surface area contributed by atoms with Crippen LogP contribution in [0.25, 0.3) is 0 Å². The van der Waals surface area contributed by atoms with Gasteiger partial charge in [0.15, 0.2) is 5.78 Å². The lowest BCUT2D eigenvalue weighted by molar-refractivity contribution is -0.123. The first-order valence-electron chi connectivity index (χ1n) is 3.05. The Balaban J connectivity index is 3.97. The van der Waals surface area contributed by atoms with Crippen LogP contribution in [0, 0.1) is 0 Å². The molecule has 0 fully saturated rings. The van der Waals surface area contributed by atoms with E-state index < -0.39 is 5.54 Å². The van der Waals surface area contributed by atoms with Crippen LogP contribution in [0.15, 0.2) is 0 Å². The average Bonchev–Trinajstić information content (AvgIpc) is 1.86. The predicted molar refractivity (Wildman–Crippen MR) is 36.7 cm³/mol. The zero-order valence-corrected chi connectivity index (χ0v) is 6.19. The number of nitrogens with two attached hydrogens (primary N) is 1. The Bertz CT molecular complexity index is 110. The molecule has 0 radical (unpaired) electrons. The summed E-state index contributed by atoms with van der Waals surface area (Å²) in [4.78, 5) is 10.9. The van der Waals surface area contributed by atoms with Gasteiger partial charge in [0.1, 0.15) is 0 Å². The first kappa shape index (κ1) is 8.59. The van der Waals surface area contributed by atoms with Crippen molar-refractivity contribution in [3.63, 3.8) is 0 Å². The zero-order valence-electron chi connectivity index (χ0n) is 6.19. The molecule has 0 aromatic heterocycles. The van der Waals surface area contributed by atoms with Gasteiger partial charge in [-0.3, -0.25) is 10.6 Å². The highest BCUT2D eigenvalue weighted by Gasteiger charge is 2.22. The van der Waals surface area contributed by atoms with Gasteiger partial charge in [-0.1, -0.05) is 6.92 Å². The second kappa shape index (κ2) is 2.94. The molecular formula is C6H14N2O. The minimum absolute atomic E-state index is 0.130. The largest absolute Gasteiger partial charge is 0.298 e. The summed E-state index contributed by atoms with van der Waals surface area (Å²) in [6.07, 6.45) is 0.525. The molecule has 0 atom stereocenters. The zero-order chi connectivity index (χ0) is 7.49. The van der Waals surface area contributed by atoms with Crippen molar-refractivity contribution in [1.29, 1.82) is 0 Å². The maximum atomic E-state index is 10.9. The monoisotopic (exact) mass is 130 g/mol. The number of nitrogens with one attached hydrogen (secondary N) is 1. The second-order valence-electron chi connectivity index (χ2n) is 2.55. The average molecular weight is 130 g/mol.